The van der Waals surface area contributed by atoms with E-state index in [1.54, 1.807) is 0 Å². The number of ether oxygens (including phenoxy) is 2. The first-order valence-corrected chi connectivity index (χ1v) is 14.8. The van der Waals surface area contributed by atoms with Gasteiger partial charge in [-0.3, -0.25) is 15.0 Å². The number of hydrogen-bond donors (Lipinski definition) is 1. The van der Waals surface area contributed by atoms with Gasteiger partial charge in [0.25, 0.3) is 0 Å². The number of aromatic nitrogens is 1. The van der Waals surface area contributed by atoms with Crippen molar-refractivity contribution in [2.45, 2.75) is 70.7 Å². The summed E-state index contributed by atoms with van der Waals surface area (Å²) in [4.78, 5) is 27.0. The van der Waals surface area contributed by atoms with Crippen LogP contribution in [0.15, 0.2) is 103 Å². The molecule has 5 rings (SSSR count). The Morgan fingerprint density at radius 2 is 1.56 bits per heavy atom. The van der Waals surface area contributed by atoms with Gasteiger partial charge in [-0.2, -0.15) is 5.01 Å². The van der Waals surface area contributed by atoms with E-state index in [2.05, 4.69) is 41.8 Å². The van der Waals surface area contributed by atoms with Crippen molar-refractivity contribution in [2.75, 3.05) is 6.61 Å². The molecule has 1 aromatic heterocycles. The molecule has 3 aromatic carbocycles. The summed E-state index contributed by atoms with van der Waals surface area (Å²) in [6, 6.07) is 30.5. The monoisotopic (exact) mass is 579 g/mol. The van der Waals surface area contributed by atoms with Crippen LogP contribution in [0.5, 0.6) is 0 Å². The van der Waals surface area contributed by atoms with Crippen molar-refractivity contribution >= 4 is 11.9 Å². The Balaban J connectivity index is 1.34. The van der Waals surface area contributed by atoms with E-state index in [-0.39, 0.29) is 18.4 Å². The SMILES string of the molecule is CC(C)(C)OC(=O)[C@@H](CC(=O)NN1[C@@H](Cc2ccccc2)COC1(C)C)c1ccn(-c2ccc(-c3ccccc3)cc2)c1. The van der Waals surface area contributed by atoms with E-state index in [1.165, 1.54) is 0 Å². The van der Waals surface area contributed by atoms with Crippen molar-refractivity contribution in [3.63, 3.8) is 0 Å². The number of hydrogen-bond acceptors (Lipinski definition) is 5. The van der Waals surface area contributed by atoms with Gasteiger partial charge in [0.2, 0.25) is 5.91 Å². The number of carbonyl (C=O) groups excluding carboxylic acids is 2. The zero-order chi connectivity index (χ0) is 30.6. The average Bonchev–Trinajstić information content (AvgIpc) is 3.57. The molecule has 2 heterocycles. The molecule has 2 atom stereocenters. The van der Waals surface area contributed by atoms with E-state index in [0.717, 1.165) is 28.8 Å². The number of nitrogens with one attached hydrogen (secondary N) is 1. The number of amides is 1. The summed E-state index contributed by atoms with van der Waals surface area (Å²) in [5.74, 6) is -1.48. The van der Waals surface area contributed by atoms with Gasteiger partial charge in [0.05, 0.1) is 18.6 Å². The third-order valence-electron chi connectivity index (χ3n) is 7.61. The lowest BCUT2D eigenvalue weighted by molar-refractivity contribution is -0.158. The molecule has 1 amide bonds. The van der Waals surface area contributed by atoms with Gasteiger partial charge in [0.15, 0.2) is 0 Å². The third kappa shape index (κ3) is 7.61. The van der Waals surface area contributed by atoms with Gasteiger partial charge in [-0.15, -0.1) is 0 Å². The zero-order valence-corrected chi connectivity index (χ0v) is 25.6. The predicted molar refractivity (Wildman–Crippen MR) is 168 cm³/mol. The van der Waals surface area contributed by atoms with E-state index < -0.39 is 23.2 Å². The zero-order valence-electron chi connectivity index (χ0n) is 25.6. The smallest absolute Gasteiger partial charge is 0.314 e. The van der Waals surface area contributed by atoms with Crippen LogP contribution in [0.3, 0.4) is 0 Å². The van der Waals surface area contributed by atoms with Crippen LogP contribution in [0.1, 0.15) is 58.1 Å². The summed E-state index contributed by atoms with van der Waals surface area (Å²) in [7, 11) is 0. The van der Waals surface area contributed by atoms with Crippen LogP contribution < -0.4 is 5.43 Å². The molecule has 1 fully saturated rings. The van der Waals surface area contributed by atoms with Crippen LogP contribution in [0.2, 0.25) is 0 Å². The van der Waals surface area contributed by atoms with Crippen LogP contribution in [-0.2, 0) is 25.5 Å². The summed E-state index contributed by atoms with van der Waals surface area (Å²) < 4.78 is 13.8. The molecule has 0 unspecified atom stereocenters. The molecule has 224 valence electrons. The second kappa shape index (κ2) is 12.6. The topological polar surface area (TPSA) is 72.8 Å². The molecular formula is C36H41N3O4. The van der Waals surface area contributed by atoms with Crippen LogP contribution in [0, 0.1) is 0 Å². The average molecular weight is 580 g/mol. The van der Waals surface area contributed by atoms with E-state index in [4.69, 9.17) is 9.47 Å². The van der Waals surface area contributed by atoms with Crippen LogP contribution in [-0.4, -0.2) is 45.4 Å². The maximum absolute atomic E-state index is 13.6. The van der Waals surface area contributed by atoms with E-state index in [1.807, 2.05) is 111 Å². The number of esters is 1. The largest absolute Gasteiger partial charge is 0.459 e. The maximum Gasteiger partial charge on any atom is 0.314 e. The van der Waals surface area contributed by atoms with Crippen LogP contribution >= 0.6 is 0 Å². The molecular weight excluding hydrogens is 538 g/mol. The highest BCUT2D eigenvalue weighted by Gasteiger charge is 2.42. The number of rotatable bonds is 9. The summed E-state index contributed by atoms with van der Waals surface area (Å²) in [6.45, 7) is 9.86. The second-order valence-corrected chi connectivity index (χ2v) is 12.6. The molecule has 0 radical (unpaired) electrons. The first kappa shape index (κ1) is 30.3. The maximum atomic E-state index is 13.6. The van der Waals surface area contributed by atoms with Crippen molar-refractivity contribution in [2.24, 2.45) is 0 Å². The molecule has 0 spiro atoms. The van der Waals surface area contributed by atoms with Crippen molar-refractivity contribution in [1.29, 1.82) is 0 Å². The van der Waals surface area contributed by atoms with Crippen molar-refractivity contribution in [3.05, 3.63) is 115 Å². The second-order valence-electron chi connectivity index (χ2n) is 12.6. The summed E-state index contributed by atoms with van der Waals surface area (Å²) in [6.07, 6.45) is 4.48. The Kier molecular flexibility index (Phi) is 8.85. The third-order valence-corrected chi connectivity index (χ3v) is 7.61. The van der Waals surface area contributed by atoms with E-state index in [9.17, 15) is 9.59 Å². The number of benzene rings is 3. The minimum atomic E-state index is -0.775. The quantitative estimate of drug-likeness (QED) is 0.224. The first-order chi connectivity index (χ1) is 20.5. The molecule has 7 nitrogen and oxygen atoms in total. The molecule has 4 aromatic rings. The van der Waals surface area contributed by atoms with Gasteiger partial charge < -0.3 is 14.0 Å². The standard InChI is InChI=1S/C36H41N3O4/c1-35(2,3)43-34(41)32(23-33(40)37-39-31(25-42-36(39,4)5)22-26-12-8-6-9-13-26)29-20-21-38(24-29)30-18-16-28(17-19-30)27-14-10-7-11-15-27/h6-21,24,31-32H,22-23,25H2,1-5H3,(H,37,40)/t31-,32-/m0/s1. The molecule has 1 saturated heterocycles. The van der Waals surface area contributed by atoms with E-state index >= 15 is 0 Å². The molecule has 43 heavy (non-hydrogen) atoms. The fourth-order valence-electron chi connectivity index (χ4n) is 5.46. The first-order valence-electron chi connectivity index (χ1n) is 14.8. The van der Waals surface area contributed by atoms with E-state index in [0.29, 0.717) is 12.2 Å². The van der Waals surface area contributed by atoms with Crippen molar-refractivity contribution in [3.8, 4) is 16.8 Å². The summed E-state index contributed by atoms with van der Waals surface area (Å²) in [5, 5.41) is 1.88. The lowest BCUT2D eigenvalue weighted by Crippen LogP contribution is -2.55. The minimum Gasteiger partial charge on any atom is -0.459 e. The van der Waals surface area contributed by atoms with Crippen molar-refractivity contribution < 1.29 is 19.1 Å². The molecule has 1 N–H and O–H groups in total. The summed E-state index contributed by atoms with van der Waals surface area (Å²) >= 11 is 0. The Bertz CT molecular complexity index is 1520. The Labute approximate surface area is 254 Å². The Morgan fingerprint density at radius 3 is 2.21 bits per heavy atom. The van der Waals surface area contributed by atoms with Crippen molar-refractivity contribution in [1.82, 2.24) is 15.0 Å². The van der Waals surface area contributed by atoms with Gasteiger partial charge in [-0.25, -0.2) is 0 Å². The molecule has 1 aliphatic heterocycles. The molecule has 1 aliphatic rings. The molecule has 0 bridgehead atoms. The van der Waals surface area contributed by atoms with Gasteiger partial charge in [-0.05, 0) is 81.5 Å². The highest BCUT2D eigenvalue weighted by atomic mass is 16.6. The Hall–Kier alpha value is -4.20. The van der Waals surface area contributed by atoms with Gasteiger partial charge in [-0.1, -0.05) is 72.8 Å². The van der Waals surface area contributed by atoms with Crippen LogP contribution in [0.4, 0.5) is 0 Å². The Morgan fingerprint density at radius 1 is 0.930 bits per heavy atom. The number of carbonyl (C=O) groups is 2. The van der Waals surface area contributed by atoms with Gasteiger partial charge >= 0.3 is 5.97 Å². The lowest BCUT2D eigenvalue weighted by Gasteiger charge is -2.34. The predicted octanol–water partition coefficient (Wildman–Crippen LogP) is 6.67. The highest BCUT2D eigenvalue weighted by molar-refractivity contribution is 5.86. The van der Waals surface area contributed by atoms with Crippen LogP contribution in [0.25, 0.3) is 16.8 Å². The highest BCUT2D eigenvalue weighted by Crippen LogP contribution is 2.30. The molecule has 7 heteroatoms. The normalized spacial score (nSPS) is 17.4. The fraction of sp³-hybridized carbons (Fsp3) is 0.333. The van der Waals surface area contributed by atoms with Gasteiger partial charge in [0.1, 0.15) is 11.3 Å². The lowest BCUT2D eigenvalue weighted by atomic mass is 9.97. The minimum absolute atomic E-state index is 0.0405. The summed E-state index contributed by atoms with van der Waals surface area (Å²) in [5.41, 5.74) is 6.81. The molecule has 0 aliphatic carbocycles. The van der Waals surface area contributed by atoms with Gasteiger partial charge in [0, 0.05) is 24.5 Å². The number of nitrogens with zero attached hydrogens (tertiary/aromatic N) is 2. The fourth-order valence-corrected chi connectivity index (χ4v) is 5.46. The molecule has 0 saturated carbocycles. The number of hydrazine groups is 1.